The summed E-state index contributed by atoms with van der Waals surface area (Å²) in [6, 6.07) is 4.13. The van der Waals surface area contributed by atoms with Crippen LogP contribution in [0.15, 0.2) is 22.9 Å². The number of rotatable bonds is 5. The van der Waals surface area contributed by atoms with Crippen molar-refractivity contribution in [1.82, 2.24) is 9.97 Å². The van der Waals surface area contributed by atoms with E-state index in [1.807, 2.05) is 13.0 Å². The highest BCUT2D eigenvalue weighted by Crippen LogP contribution is 2.17. The number of hydrogen-bond acceptors (Lipinski definition) is 5. The zero-order valence-corrected chi connectivity index (χ0v) is 11.8. The Morgan fingerprint density at radius 1 is 1.39 bits per heavy atom. The highest BCUT2D eigenvalue weighted by Gasteiger charge is 2.07. The Labute approximate surface area is 112 Å². The van der Waals surface area contributed by atoms with E-state index in [0.29, 0.717) is 0 Å². The van der Waals surface area contributed by atoms with Crippen molar-refractivity contribution in [3.8, 4) is 0 Å². The van der Waals surface area contributed by atoms with Gasteiger partial charge in [-0.05, 0) is 36.2 Å². The van der Waals surface area contributed by atoms with E-state index >= 15 is 0 Å². The first-order valence-electron chi connectivity index (χ1n) is 6.01. The molecule has 0 saturated heterocycles. The zero-order valence-electron chi connectivity index (χ0n) is 11.0. The zero-order chi connectivity index (χ0) is 13.0. The lowest BCUT2D eigenvalue weighted by Crippen LogP contribution is -2.18. The van der Waals surface area contributed by atoms with E-state index in [9.17, 15) is 0 Å². The van der Waals surface area contributed by atoms with E-state index in [0.717, 1.165) is 30.5 Å². The average Bonchev–Trinajstić information content (AvgIpc) is 2.81. The Morgan fingerprint density at radius 2 is 2.22 bits per heavy atom. The molecule has 0 aliphatic heterocycles. The molecule has 4 nitrogen and oxygen atoms in total. The van der Waals surface area contributed by atoms with Crippen LogP contribution in [0.5, 0.6) is 0 Å². The lowest BCUT2D eigenvalue weighted by atomic mass is 10.3. The number of aromatic nitrogens is 2. The van der Waals surface area contributed by atoms with Crippen LogP contribution in [0.1, 0.15) is 18.3 Å². The lowest BCUT2D eigenvalue weighted by molar-refractivity contribution is 0.882. The monoisotopic (exact) mass is 262 g/mol. The van der Waals surface area contributed by atoms with E-state index in [-0.39, 0.29) is 0 Å². The van der Waals surface area contributed by atoms with Gasteiger partial charge in [-0.25, -0.2) is 9.97 Å². The molecule has 0 aliphatic rings. The predicted octanol–water partition coefficient (Wildman–Crippen LogP) is 2.91. The maximum absolute atomic E-state index is 4.47. The minimum absolute atomic E-state index is 0.792. The summed E-state index contributed by atoms with van der Waals surface area (Å²) in [6.07, 6.45) is 0. The molecule has 0 spiro atoms. The number of thiophene rings is 1. The van der Waals surface area contributed by atoms with Crippen LogP contribution in [0.2, 0.25) is 0 Å². The Hall–Kier alpha value is -1.62. The maximum Gasteiger partial charge on any atom is 0.134 e. The van der Waals surface area contributed by atoms with Gasteiger partial charge >= 0.3 is 0 Å². The Balaban J connectivity index is 2.16. The van der Waals surface area contributed by atoms with Crippen LogP contribution < -0.4 is 10.2 Å². The van der Waals surface area contributed by atoms with E-state index in [1.165, 1.54) is 5.56 Å². The van der Waals surface area contributed by atoms with Gasteiger partial charge in [-0.3, -0.25) is 0 Å². The van der Waals surface area contributed by atoms with Gasteiger partial charge in [0.2, 0.25) is 0 Å². The van der Waals surface area contributed by atoms with Gasteiger partial charge in [0.05, 0.1) is 0 Å². The van der Waals surface area contributed by atoms with Crippen LogP contribution in [0, 0.1) is 6.92 Å². The van der Waals surface area contributed by atoms with Gasteiger partial charge in [-0.2, -0.15) is 11.3 Å². The molecule has 96 valence electrons. The molecule has 0 unspecified atom stereocenters. The topological polar surface area (TPSA) is 41.0 Å². The standard InChI is InChI=1S/C13H18N4S/c1-4-14-12-7-13(16-10(2)15-12)17(3)8-11-5-6-18-9-11/h5-7,9H,4,8H2,1-3H3,(H,14,15,16). The molecule has 0 fully saturated rings. The normalized spacial score (nSPS) is 10.4. The van der Waals surface area contributed by atoms with Crippen molar-refractivity contribution >= 4 is 23.0 Å². The summed E-state index contributed by atoms with van der Waals surface area (Å²) < 4.78 is 0. The second-order valence-corrected chi connectivity index (χ2v) is 4.96. The highest BCUT2D eigenvalue weighted by molar-refractivity contribution is 7.07. The van der Waals surface area contributed by atoms with Crippen LogP contribution in [-0.4, -0.2) is 23.6 Å². The Morgan fingerprint density at radius 3 is 2.89 bits per heavy atom. The number of anilines is 2. The lowest BCUT2D eigenvalue weighted by Gasteiger charge is -2.18. The number of nitrogens with zero attached hydrogens (tertiary/aromatic N) is 3. The van der Waals surface area contributed by atoms with Gasteiger partial charge in [0.1, 0.15) is 17.5 Å². The summed E-state index contributed by atoms with van der Waals surface area (Å²) in [6.45, 7) is 5.71. The SMILES string of the molecule is CCNc1cc(N(C)Cc2ccsc2)nc(C)n1. The van der Waals surface area contributed by atoms with Crippen LogP contribution in [-0.2, 0) is 6.54 Å². The van der Waals surface area contributed by atoms with Crippen LogP contribution >= 0.6 is 11.3 Å². The van der Waals surface area contributed by atoms with Crippen molar-refractivity contribution in [2.24, 2.45) is 0 Å². The molecule has 0 radical (unpaired) electrons. The molecular weight excluding hydrogens is 244 g/mol. The molecule has 0 saturated carbocycles. The number of aryl methyl sites for hydroxylation is 1. The Kier molecular flexibility index (Phi) is 4.15. The van der Waals surface area contributed by atoms with E-state index in [1.54, 1.807) is 11.3 Å². The molecule has 0 aromatic carbocycles. The first-order chi connectivity index (χ1) is 8.69. The summed E-state index contributed by atoms with van der Waals surface area (Å²) in [4.78, 5) is 11.0. The third kappa shape index (κ3) is 3.20. The van der Waals surface area contributed by atoms with Gasteiger partial charge < -0.3 is 10.2 Å². The largest absolute Gasteiger partial charge is 0.370 e. The van der Waals surface area contributed by atoms with Crippen molar-refractivity contribution in [2.45, 2.75) is 20.4 Å². The predicted molar refractivity (Wildman–Crippen MR) is 77.4 cm³/mol. The van der Waals surface area contributed by atoms with Crippen molar-refractivity contribution in [3.63, 3.8) is 0 Å². The summed E-state index contributed by atoms with van der Waals surface area (Å²) in [7, 11) is 2.05. The molecule has 0 bridgehead atoms. The first-order valence-corrected chi connectivity index (χ1v) is 6.95. The van der Waals surface area contributed by atoms with Crippen LogP contribution in [0.4, 0.5) is 11.6 Å². The van der Waals surface area contributed by atoms with Crippen LogP contribution in [0.25, 0.3) is 0 Å². The fourth-order valence-electron chi connectivity index (χ4n) is 1.76. The molecule has 18 heavy (non-hydrogen) atoms. The summed E-state index contributed by atoms with van der Waals surface area (Å²) in [5.41, 5.74) is 1.31. The molecule has 1 N–H and O–H groups in total. The van der Waals surface area contributed by atoms with E-state index in [4.69, 9.17) is 0 Å². The van der Waals surface area contributed by atoms with Gasteiger partial charge in [0.25, 0.3) is 0 Å². The van der Waals surface area contributed by atoms with Crippen molar-refractivity contribution in [3.05, 3.63) is 34.3 Å². The number of nitrogens with one attached hydrogen (secondary N) is 1. The smallest absolute Gasteiger partial charge is 0.134 e. The van der Waals surface area contributed by atoms with Crippen molar-refractivity contribution in [1.29, 1.82) is 0 Å². The van der Waals surface area contributed by atoms with Crippen molar-refractivity contribution < 1.29 is 0 Å². The number of hydrogen-bond donors (Lipinski definition) is 1. The fraction of sp³-hybridized carbons (Fsp3) is 0.385. The molecule has 2 heterocycles. The quantitative estimate of drug-likeness (QED) is 0.899. The van der Waals surface area contributed by atoms with Gasteiger partial charge in [0, 0.05) is 26.2 Å². The van der Waals surface area contributed by atoms with Crippen LogP contribution in [0.3, 0.4) is 0 Å². The average molecular weight is 262 g/mol. The Bertz CT molecular complexity index is 496. The second-order valence-electron chi connectivity index (χ2n) is 4.18. The highest BCUT2D eigenvalue weighted by atomic mass is 32.1. The molecule has 2 aromatic rings. The molecule has 2 aromatic heterocycles. The summed E-state index contributed by atoms with van der Waals surface area (Å²) in [5, 5.41) is 7.48. The third-order valence-electron chi connectivity index (χ3n) is 2.57. The van der Waals surface area contributed by atoms with E-state index < -0.39 is 0 Å². The minimum atomic E-state index is 0.792. The molecule has 0 amide bonds. The first kappa shape index (κ1) is 12.8. The second kappa shape index (κ2) is 5.82. The molecule has 0 atom stereocenters. The third-order valence-corrected chi connectivity index (χ3v) is 3.31. The molecule has 2 rings (SSSR count). The van der Waals surface area contributed by atoms with Gasteiger partial charge in [-0.15, -0.1) is 0 Å². The summed E-state index contributed by atoms with van der Waals surface area (Å²) >= 11 is 1.72. The molecule has 0 aliphatic carbocycles. The maximum atomic E-state index is 4.47. The van der Waals surface area contributed by atoms with Gasteiger partial charge in [0.15, 0.2) is 0 Å². The molecular formula is C13H18N4S. The minimum Gasteiger partial charge on any atom is -0.370 e. The fourth-order valence-corrected chi connectivity index (χ4v) is 2.42. The van der Waals surface area contributed by atoms with Gasteiger partial charge in [-0.1, -0.05) is 0 Å². The summed E-state index contributed by atoms with van der Waals surface area (Å²) in [5.74, 6) is 2.63. The van der Waals surface area contributed by atoms with E-state index in [2.05, 4.69) is 51.0 Å². The van der Waals surface area contributed by atoms with Crippen molar-refractivity contribution in [2.75, 3.05) is 23.8 Å². The molecule has 5 heteroatoms.